The van der Waals surface area contributed by atoms with Crippen LogP contribution in [0.5, 0.6) is 0 Å². The number of amides is 1. The molecule has 148 valence electrons. The van der Waals surface area contributed by atoms with Crippen molar-refractivity contribution in [1.29, 1.82) is 0 Å². The molecule has 1 aliphatic rings. The van der Waals surface area contributed by atoms with E-state index in [-0.39, 0.29) is 17.5 Å². The molecular weight excluding hydrogens is 368 g/mol. The third kappa shape index (κ3) is 2.90. The first kappa shape index (κ1) is 18.9. The van der Waals surface area contributed by atoms with Gasteiger partial charge in [0.1, 0.15) is 0 Å². The summed E-state index contributed by atoms with van der Waals surface area (Å²) in [6.45, 7) is 6.54. The lowest BCUT2D eigenvalue weighted by Gasteiger charge is -2.41. The Hall–Kier alpha value is -3.48. The fraction of sp³-hybridized carbons (Fsp3) is 0.273. The van der Waals surface area contributed by atoms with Gasteiger partial charge in [0.05, 0.1) is 22.4 Å². The van der Waals surface area contributed by atoms with E-state index in [4.69, 9.17) is 0 Å². The van der Waals surface area contributed by atoms with Gasteiger partial charge < -0.3 is 13.9 Å². The second-order valence-electron chi connectivity index (χ2n) is 7.62. The quantitative estimate of drug-likeness (QED) is 0.641. The molecule has 1 amide bonds. The van der Waals surface area contributed by atoms with Gasteiger partial charge in [-0.15, -0.1) is 0 Å². The molecule has 7 heteroatoms. The number of hydrogen-bond acceptors (Lipinski definition) is 4. The lowest BCUT2D eigenvalue weighted by molar-refractivity contribution is -0.131. The summed E-state index contributed by atoms with van der Waals surface area (Å²) in [5.74, 6) is -0.165. The van der Waals surface area contributed by atoms with Gasteiger partial charge in [-0.3, -0.25) is 19.4 Å². The third-order valence-electron chi connectivity index (χ3n) is 5.59. The minimum Gasteiger partial charge on any atom is -0.323 e. The Balaban J connectivity index is 1.87. The van der Waals surface area contributed by atoms with E-state index in [2.05, 4.69) is 4.98 Å². The normalized spacial score (nSPS) is 18.1. The first-order valence-corrected chi connectivity index (χ1v) is 9.40. The summed E-state index contributed by atoms with van der Waals surface area (Å²) in [5.41, 5.74) is 2.85. The summed E-state index contributed by atoms with van der Waals surface area (Å²) in [6.07, 6.45) is 9.14. The molecule has 0 fully saturated rings. The molecule has 0 spiro atoms. The molecule has 1 atom stereocenters. The van der Waals surface area contributed by atoms with E-state index in [9.17, 15) is 14.4 Å². The van der Waals surface area contributed by atoms with Gasteiger partial charge in [0.15, 0.2) is 11.6 Å². The van der Waals surface area contributed by atoms with Crippen molar-refractivity contribution in [2.45, 2.75) is 39.7 Å². The summed E-state index contributed by atoms with van der Waals surface area (Å²) in [6, 6.07) is 5.49. The van der Waals surface area contributed by atoms with Crippen LogP contribution in [0.4, 0.5) is 0 Å². The van der Waals surface area contributed by atoms with E-state index in [1.807, 2.05) is 28.0 Å². The number of ketones is 2. The molecule has 3 aromatic heterocycles. The van der Waals surface area contributed by atoms with Crippen molar-refractivity contribution in [2.75, 3.05) is 0 Å². The molecule has 0 saturated heterocycles. The van der Waals surface area contributed by atoms with Crippen molar-refractivity contribution >= 4 is 29.2 Å². The average Bonchev–Trinajstić information content (AvgIpc) is 3.27. The standard InChI is InChI=1S/C22H22N4O3/c1-14(27)17-11-21-22(4,26(16(3)29)10-9-24(21)13-17)12-18-20-6-5-19(15(2)28)25(20)8-7-23-18/h5-11,13H,12H2,1-4H3. The maximum atomic E-state index is 12.4. The second-order valence-corrected chi connectivity index (χ2v) is 7.62. The molecule has 1 aliphatic heterocycles. The lowest BCUT2D eigenvalue weighted by atomic mass is 9.88. The fourth-order valence-electron chi connectivity index (χ4n) is 4.13. The molecule has 3 aromatic rings. The van der Waals surface area contributed by atoms with Gasteiger partial charge in [0, 0.05) is 62.5 Å². The zero-order valence-corrected chi connectivity index (χ0v) is 16.8. The molecule has 0 N–H and O–H groups in total. The van der Waals surface area contributed by atoms with Crippen LogP contribution in [-0.2, 0) is 16.8 Å². The van der Waals surface area contributed by atoms with Crippen LogP contribution in [0.2, 0.25) is 0 Å². The zero-order valence-electron chi connectivity index (χ0n) is 16.8. The highest BCUT2D eigenvalue weighted by atomic mass is 16.2. The van der Waals surface area contributed by atoms with E-state index in [1.54, 1.807) is 42.0 Å². The topological polar surface area (TPSA) is 76.7 Å². The van der Waals surface area contributed by atoms with Gasteiger partial charge in [-0.2, -0.15) is 0 Å². The van der Waals surface area contributed by atoms with Gasteiger partial charge in [-0.25, -0.2) is 0 Å². The summed E-state index contributed by atoms with van der Waals surface area (Å²) >= 11 is 0. The lowest BCUT2D eigenvalue weighted by Crippen LogP contribution is -2.48. The van der Waals surface area contributed by atoms with E-state index < -0.39 is 5.54 Å². The number of Topliss-reactive ketones (excluding diaryl/α,β-unsaturated/α-hetero) is 2. The number of fused-ring (bicyclic) bond motifs is 2. The van der Waals surface area contributed by atoms with E-state index in [0.29, 0.717) is 17.7 Å². The summed E-state index contributed by atoms with van der Waals surface area (Å²) in [4.78, 5) is 42.5. The molecule has 4 rings (SSSR count). The Labute approximate surface area is 168 Å². The van der Waals surface area contributed by atoms with Gasteiger partial charge in [-0.05, 0) is 32.0 Å². The van der Waals surface area contributed by atoms with E-state index in [1.165, 1.54) is 20.8 Å². The van der Waals surface area contributed by atoms with Crippen LogP contribution in [0.15, 0.2) is 43.0 Å². The molecule has 0 aliphatic carbocycles. The molecule has 1 unspecified atom stereocenters. The smallest absolute Gasteiger partial charge is 0.224 e. The maximum absolute atomic E-state index is 12.4. The van der Waals surface area contributed by atoms with Crippen LogP contribution in [0.1, 0.15) is 59.9 Å². The number of rotatable bonds is 4. The first-order chi connectivity index (χ1) is 13.7. The molecule has 0 radical (unpaired) electrons. The Kier molecular flexibility index (Phi) is 4.26. The Morgan fingerprint density at radius 2 is 1.83 bits per heavy atom. The highest BCUT2D eigenvalue weighted by molar-refractivity contribution is 5.95. The molecule has 29 heavy (non-hydrogen) atoms. The summed E-state index contributed by atoms with van der Waals surface area (Å²) in [5, 5.41) is 0. The minimum atomic E-state index is -0.746. The average molecular weight is 390 g/mol. The van der Waals surface area contributed by atoms with Crippen LogP contribution in [0.3, 0.4) is 0 Å². The summed E-state index contributed by atoms with van der Waals surface area (Å²) in [7, 11) is 0. The second kappa shape index (κ2) is 6.55. The Morgan fingerprint density at radius 3 is 2.48 bits per heavy atom. The van der Waals surface area contributed by atoms with Crippen molar-refractivity contribution in [1.82, 2.24) is 18.9 Å². The molecule has 0 bridgehead atoms. The SMILES string of the molecule is CC(=O)c1cc2n(c1)C=CN(C(C)=O)C2(C)Cc1nccn2c(C(C)=O)ccc12. The minimum absolute atomic E-state index is 0.0284. The van der Waals surface area contributed by atoms with Crippen LogP contribution in [0.25, 0.3) is 11.7 Å². The third-order valence-corrected chi connectivity index (χ3v) is 5.59. The van der Waals surface area contributed by atoms with E-state index >= 15 is 0 Å². The zero-order chi connectivity index (χ0) is 20.9. The number of hydrogen-bond donors (Lipinski definition) is 0. The molecular formula is C22H22N4O3. The predicted octanol–water partition coefficient (Wildman–Crippen LogP) is 3.29. The largest absolute Gasteiger partial charge is 0.323 e. The van der Waals surface area contributed by atoms with Crippen molar-refractivity contribution in [2.24, 2.45) is 0 Å². The predicted molar refractivity (Wildman–Crippen MR) is 109 cm³/mol. The van der Waals surface area contributed by atoms with Crippen molar-refractivity contribution in [3.63, 3.8) is 0 Å². The van der Waals surface area contributed by atoms with E-state index in [0.717, 1.165) is 16.9 Å². The van der Waals surface area contributed by atoms with Gasteiger partial charge in [-0.1, -0.05) is 0 Å². The van der Waals surface area contributed by atoms with Gasteiger partial charge in [0.25, 0.3) is 0 Å². The number of carbonyl (C=O) groups excluding carboxylic acids is 3. The van der Waals surface area contributed by atoms with Gasteiger partial charge >= 0.3 is 0 Å². The number of nitrogens with zero attached hydrogens (tertiary/aromatic N) is 4. The van der Waals surface area contributed by atoms with Crippen LogP contribution < -0.4 is 0 Å². The number of carbonyl (C=O) groups is 3. The molecule has 7 nitrogen and oxygen atoms in total. The fourth-order valence-corrected chi connectivity index (χ4v) is 4.13. The Bertz CT molecular complexity index is 1200. The number of aromatic nitrogens is 3. The van der Waals surface area contributed by atoms with Crippen molar-refractivity contribution in [3.8, 4) is 0 Å². The highest BCUT2D eigenvalue weighted by Crippen LogP contribution is 2.37. The van der Waals surface area contributed by atoms with Crippen LogP contribution >= 0.6 is 0 Å². The van der Waals surface area contributed by atoms with Gasteiger partial charge in [0.2, 0.25) is 5.91 Å². The van der Waals surface area contributed by atoms with Crippen molar-refractivity contribution in [3.05, 3.63) is 65.6 Å². The highest BCUT2D eigenvalue weighted by Gasteiger charge is 2.40. The molecule has 4 heterocycles. The Morgan fingerprint density at radius 1 is 1.07 bits per heavy atom. The molecule has 0 aromatic carbocycles. The first-order valence-electron chi connectivity index (χ1n) is 9.40. The van der Waals surface area contributed by atoms with Crippen molar-refractivity contribution < 1.29 is 14.4 Å². The van der Waals surface area contributed by atoms with Crippen LogP contribution in [0, 0.1) is 0 Å². The monoisotopic (exact) mass is 390 g/mol. The maximum Gasteiger partial charge on any atom is 0.224 e. The van der Waals surface area contributed by atoms with Crippen LogP contribution in [-0.4, -0.2) is 36.3 Å². The molecule has 0 saturated carbocycles. The summed E-state index contributed by atoms with van der Waals surface area (Å²) < 4.78 is 3.71.